The summed E-state index contributed by atoms with van der Waals surface area (Å²) in [6.45, 7) is 4.63. The van der Waals surface area contributed by atoms with Crippen molar-refractivity contribution in [2.45, 2.75) is 26.4 Å². The number of hydrogen-bond acceptors (Lipinski definition) is 4. The summed E-state index contributed by atoms with van der Waals surface area (Å²) >= 11 is 0. The molecule has 0 saturated carbocycles. The molecule has 0 spiro atoms. The highest BCUT2D eigenvalue weighted by molar-refractivity contribution is 5.88. The van der Waals surface area contributed by atoms with Crippen LogP contribution in [0.4, 0.5) is 4.79 Å². The zero-order valence-electron chi connectivity index (χ0n) is 11.8. The van der Waals surface area contributed by atoms with Gasteiger partial charge in [0.15, 0.2) is 11.9 Å². The maximum absolute atomic E-state index is 12.2. The molecule has 20 heavy (non-hydrogen) atoms. The summed E-state index contributed by atoms with van der Waals surface area (Å²) in [5.74, 6) is -1.91. The van der Waals surface area contributed by atoms with Crippen LogP contribution in [0.15, 0.2) is 0 Å². The average molecular weight is 285 g/mol. The second-order valence-electron chi connectivity index (χ2n) is 5.03. The Morgan fingerprint density at radius 1 is 1.45 bits per heavy atom. The fourth-order valence-corrected chi connectivity index (χ4v) is 2.27. The molecule has 0 aliphatic carbocycles. The minimum absolute atomic E-state index is 0.184. The first kappa shape index (κ1) is 15.9. The van der Waals surface area contributed by atoms with Crippen molar-refractivity contribution in [1.82, 2.24) is 15.1 Å². The van der Waals surface area contributed by atoms with Crippen LogP contribution in [0.3, 0.4) is 0 Å². The van der Waals surface area contributed by atoms with E-state index < -0.39 is 30.1 Å². The predicted molar refractivity (Wildman–Crippen MR) is 68.8 cm³/mol. The third kappa shape index (κ3) is 2.89. The Morgan fingerprint density at radius 2 is 2.05 bits per heavy atom. The van der Waals surface area contributed by atoms with Gasteiger partial charge in [0, 0.05) is 25.9 Å². The van der Waals surface area contributed by atoms with Crippen molar-refractivity contribution >= 4 is 24.2 Å². The number of nitrogens with one attached hydrogen (secondary N) is 1. The Bertz CT molecular complexity index is 437. The molecular weight excluding hydrogens is 266 g/mol. The van der Waals surface area contributed by atoms with E-state index >= 15 is 0 Å². The molecule has 1 rings (SSSR count). The van der Waals surface area contributed by atoms with Crippen LogP contribution in [-0.4, -0.2) is 64.4 Å². The fraction of sp³-hybridized carbons (Fsp3) is 0.667. The number of aliphatic carboxylic acids is 1. The molecule has 0 aromatic carbocycles. The summed E-state index contributed by atoms with van der Waals surface area (Å²) in [6.07, 6.45) is 0.529. The average Bonchev–Trinajstić information content (AvgIpc) is 2.67. The molecule has 1 saturated heterocycles. The normalized spacial score (nSPS) is 18.1. The van der Waals surface area contributed by atoms with Gasteiger partial charge in [-0.15, -0.1) is 0 Å². The van der Waals surface area contributed by atoms with E-state index in [1.165, 1.54) is 11.8 Å². The van der Waals surface area contributed by atoms with E-state index in [0.717, 1.165) is 4.90 Å². The van der Waals surface area contributed by atoms with Gasteiger partial charge in [-0.2, -0.15) is 0 Å². The Balaban J connectivity index is 3.04. The lowest BCUT2D eigenvalue weighted by molar-refractivity contribution is -0.137. The third-order valence-corrected chi connectivity index (χ3v) is 3.30. The highest BCUT2D eigenvalue weighted by atomic mass is 16.4. The van der Waals surface area contributed by atoms with Gasteiger partial charge in [-0.05, 0) is 0 Å². The first-order valence-electron chi connectivity index (χ1n) is 6.28. The molecule has 2 N–H and O–H groups in total. The Kier molecular flexibility index (Phi) is 4.69. The van der Waals surface area contributed by atoms with Crippen molar-refractivity contribution in [3.63, 3.8) is 0 Å². The highest BCUT2D eigenvalue weighted by Crippen LogP contribution is 2.25. The summed E-state index contributed by atoms with van der Waals surface area (Å²) in [5, 5.41) is 11.3. The molecule has 1 aliphatic heterocycles. The number of carboxylic acid groups (broad SMARTS) is 1. The van der Waals surface area contributed by atoms with Crippen LogP contribution in [0, 0.1) is 5.92 Å². The first-order chi connectivity index (χ1) is 9.24. The van der Waals surface area contributed by atoms with E-state index in [2.05, 4.69) is 5.32 Å². The maximum atomic E-state index is 12.2. The van der Waals surface area contributed by atoms with Gasteiger partial charge < -0.3 is 15.3 Å². The highest BCUT2D eigenvalue weighted by Gasteiger charge is 2.47. The summed E-state index contributed by atoms with van der Waals surface area (Å²) in [4.78, 5) is 48.1. The second kappa shape index (κ2) is 5.89. The molecule has 0 unspecified atom stereocenters. The Labute approximate surface area is 116 Å². The van der Waals surface area contributed by atoms with Crippen molar-refractivity contribution in [2.75, 3.05) is 19.6 Å². The number of urea groups is 1. The van der Waals surface area contributed by atoms with Crippen molar-refractivity contribution in [2.24, 2.45) is 5.92 Å². The van der Waals surface area contributed by atoms with Crippen LogP contribution in [0.1, 0.15) is 20.8 Å². The van der Waals surface area contributed by atoms with Gasteiger partial charge in [-0.3, -0.25) is 19.3 Å². The lowest BCUT2D eigenvalue weighted by atomic mass is 9.95. The van der Waals surface area contributed by atoms with Gasteiger partial charge >= 0.3 is 12.0 Å². The van der Waals surface area contributed by atoms with Crippen LogP contribution >= 0.6 is 0 Å². The maximum Gasteiger partial charge on any atom is 0.323 e. The topological polar surface area (TPSA) is 107 Å². The van der Waals surface area contributed by atoms with E-state index in [-0.39, 0.29) is 19.0 Å². The summed E-state index contributed by atoms with van der Waals surface area (Å²) < 4.78 is 0. The molecule has 0 radical (unpaired) electrons. The van der Waals surface area contributed by atoms with Crippen molar-refractivity contribution < 1.29 is 24.3 Å². The van der Waals surface area contributed by atoms with E-state index in [1.54, 1.807) is 13.8 Å². The zero-order valence-corrected chi connectivity index (χ0v) is 11.8. The van der Waals surface area contributed by atoms with Crippen molar-refractivity contribution in [1.29, 1.82) is 0 Å². The molecule has 0 aromatic heterocycles. The van der Waals surface area contributed by atoms with Gasteiger partial charge in [0.1, 0.15) is 6.54 Å². The van der Waals surface area contributed by atoms with Crippen LogP contribution in [0.5, 0.6) is 0 Å². The van der Waals surface area contributed by atoms with Gasteiger partial charge in [0.2, 0.25) is 5.91 Å². The lowest BCUT2D eigenvalue weighted by Gasteiger charge is -2.40. The summed E-state index contributed by atoms with van der Waals surface area (Å²) in [6, 6.07) is -0.568. The number of carbonyl (C=O) groups is 4. The first-order valence-corrected chi connectivity index (χ1v) is 6.28. The molecule has 1 atom stereocenters. The van der Waals surface area contributed by atoms with Crippen molar-refractivity contribution in [3.8, 4) is 0 Å². The molecule has 3 amide bonds. The SMILES string of the molecule is CC(=O)N[C@](C=O)(C(C)C)N1CCN(CC(=O)O)C1=O. The van der Waals surface area contributed by atoms with Crippen LogP contribution in [-0.2, 0) is 14.4 Å². The quantitative estimate of drug-likeness (QED) is 0.639. The van der Waals surface area contributed by atoms with Crippen LogP contribution in [0.2, 0.25) is 0 Å². The number of carboxylic acids is 1. The number of hydrogen-bond donors (Lipinski definition) is 2. The number of rotatable bonds is 6. The third-order valence-electron chi connectivity index (χ3n) is 3.30. The van der Waals surface area contributed by atoms with E-state index in [4.69, 9.17) is 5.11 Å². The largest absolute Gasteiger partial charge is 0.480 e. The molecule has 1 aliphatic rings. The Morgan fingerprint density at radius 3 is 2.45 bits per heavy atom. The van der Waals surface area contributed by atoms with Gasteiger partial charge in [-0.25, -0.2) is 4.79 Å². The number of amides is 3. The van der Waals surface area contributed by atoms with Gasteiger partial charge in [0.25, 0.3) is 0 Å². The minimum Gasteiger partial charge on any atom is -0.480 e. The molecule has 8 heteroatoms. The molecule has 1 fully saturated rings. The molecule has 112 valence electrons. The smallest absolute Gasteiger partial charge is 0.323 e. The minimum atomic E-state index is -1.45. The fourth-order valence-electron chi connectivity index (χ4n) is 2.27. The zero-order chi connectivity index (χ0) is 15.5. The van der Waals surface area contributed by atoms with Crippen LogP contribution < -0.4 is 5.32 Å². The number of nitrogens with zero attached hydrogens (tertiary/aromatic N) is 2. The number of aldehydes is 1. The molecule has 0 bridgehead atoms. The lowest BCUT2D eigenvalue weighted by Crippen LogP contribution is -2.65. The molecular formula is C12H19N3O5. The molecule has 1 heterocycles. The van der Waals surface area contributed by atoms with E-state index in [9.17, 15) is 19.2 Å². The molecule has 0 aromatic rings. The molecule has 8 nitrogen and oxygen atoms in total. The van der Waals surface area contributed by atoms with Crippen LogP contribution in [0.25, 0.3) is 0 Å². The van der Waals surface area contributed by atoms with E-state index in [0.29, 0.717) is 6.29 Å². The number of carbonyl (C=O) groups excluding carboxylic acids is 3. The monoisotopic (exact) mass is 285 g/mol. The standard InChI is InChI=1S/C12H19N3O5/c1-8(2)12(7-16,13-9(3)17)15-5-4-14(11(15)20)6-10(18)19/h7-8H,4-6H2,1-3H3,(H,13,17)(H,18,19)/t12-/m0/s1. The van der Waals surface area contributed by atoms with Gasteiger partial charge in [-0.1, -0.05) is 13.8 Å². The Hall–Kier alpha value is -2.12. The summed E-state index contributed by atoms with van der Waals surface area (Å²) in [5.41, 5.74) is -1.45. The predicted octanol–water partition coefficient (Wildman–Crippen LogP) is -0.504. The van der Waals surface area contributed by atoms with Gasteiger partial charge in [0.05, 0.1) is 0 Å². The van der Waals surface area contributed by atoms with Crippen molar-refractivity contribution in [3.05, 3.63) is 0 Å². The second-order valence-corrected chi connectivity index (χ2v) is 5.03. The summed E-state index contributed by atoms with van der Waals surface area (Å²) in [7, 11) is 0. The van der Waals surface area contributed by atoms with E-state index in [1.807, 2.05) is 0 Å².